The summed E-state index contributed by atoms with van der Waals surface area (Å²) in [6, 6.07) is 4.49. The molecular formula is C18H24N4OS. The first kappa shape index (κ1) is 15.8. The van der Waals surface area contributed by atoms with E-state index < -0.39 is 0 Å². The Morgan fingerprint density at radius 2 is 2.38 bits per heavy atom. The Morgan fingerprint density at radius 1 is 1.46 bits per heavy atom. The number of nitrogens with zero attached hydrogens (tertiary/aromatic N) is 4. The third kappa shape index (κ3) is 3.00. The fraction of sp³-hybridized carbons (Fsp3) is 0.556. The number of hydrogen-bond acceptors (Lipinski definition) is 4. The van der Waals surface area contributed by atoms with E-state index in [0.29, 0.717) is 6.04 Å². The first-order valence-electron chi connectivity index (χ1n) is 8.79. The smallest absolute Gasteiger partial charge is 0.239 e. The second-order valence-corrected chi connectivity index (χ2v) is 7.82. The van der Waals surface area contributed by atoms with E-state index in [0.717, 1.165) is 45.4 Å². The number of carbonyl (C=O) groups is 1. The number of hydrogen-bond donors (Lipinski definition) is 0. The van der Waals surface area contributed by atoms with Gasteiger partial charge in [-0.05, 0) is 55.8 Å². The summed E-state index contributed by atoms with van der Waals surface area (Å²) in [5, 5.41) is 6.46. The molecule has 2 atom stereocenters. The van der Waals surface area contributed by atoms with Crippen molar-refractivity contribution in [2.24, 2.45) is 0 Å². The fourth-order valence-electron chi connectivity index (χ4n) is 4.03. The summed E-state index contributed by atoms with van der Waals surface area (Å²) in [5.41, 5.74) is 1.33. The van der Waals surface area contributed by atoms with E-state index in [4.69, 9.17) is 0 Å². The quantitative estimate of drug-likeness (QED) is 0.855. The zero-order valence-corrected chi connectivity index (χ0v) is 14.9. The number of aromatic nitrogens is 2. The van der Waals surface area contributed by atoms with Gasteiger partial charge in [-0.1, -0.05) is 0 Å². The van der Waals surface area contributed by atoms with Crippen LogP contribution in [0.5, 0.6) is 0 Å². The Bertz CT molecular complexity index is 696. The van der Waals surface area contributed by atoms with Crippen molar-refractivity contribution in [2.45, 2.75) is 51.4 Å². The molecule has 0 bridgehead atoms. The maximum Gasteiger partial charge on any atom is 0.239 e. The molecule has 2 aliphatic heterocycles. The van der Waals surface area contributed by atoms with Crippen LogP contribution in [0.4, 0.5) is 0 Å². The van der Waals surface area contributed by atoms with Crippen molar-refractivity contribution in [3.63, 3.8) is 0 Å². The third-order valence-corrected chi connectivity index (χ3v) is 6.38. The molecule has 2 aliphatic rings. The highest BCUT2D eigenvalue weighted by atomic mass is 32.1. The molecule has 1 saturated heterocycles. The molecule has 0 spiro atoms. The third-order valence-electron chi connectivity index (χ3n) is 5.35. The average molecular weight is 344 g/mol. The molecule has 0 aliphatic carbocycles. The second kappa shape index (κ2) is 6.69. The van der Waals surface area contributed by atoms with Crippen molar-refractivity contribution in [1.82, 2.24) is 19.6 Å². The SMILES string of the molecule is C[C@@H](C(=O)N1CCc2sccc2C1)N1CCC[C@H]1Cn1cccn1. The molecule has 0 N–H and O–H groups in total. The average Bonchev–Trinajstić information content (AvgIpc) is 3.34. The van der Waals surface area contributed by atoms with Gasteiger partial charge in [0.1, 0.15) is 0 Å². The fourth-order valence-corrected chi connectivity index (χ4v) is 4.92. The van der Waals surface area contributed by atoms with Gasteiger partial charge in [0, 0.05) is 36.4 Å². The van der Waals surface area contributed by atoms with Crippen molar-refractivity contribution < 1.29 is 4.79 Å². The number of likely N-dealkylation sites (tertiary alicyclic amines) is 1. The van der Waals surface area contributed by atoms with Gasteiger partial charge in [-0.2, -0.15) is 5.10 Å². The molecule has 1 fully saturated rings. The maximum absolute atomic E-state index is 13.0. The van der Waals surface area contributed by atoms with E-state index in [-0.39, 0.29) is 11.9 Å². The molecular weight excluding hydrogens is 320 g/mol. The molecule has 128 valence electrons. The molecule has 0 unspecified atom stereocenters. The Morgan fingerprint density at radius 3 is 3.21 bits per heavy atom. The van der Waals surface area contributed by atoms with Crippen molar-refractivity contribution in [2.75, 3.05) is 13.1 Å². The topological polar surface area (TPSA) is 41.4 Å². The lowest BCUT2D eigenvalue weighted by molar-refractivity contribution is -0.137. The maximum atomic E-state index is 13.0. The summed E-state index contributed by atoms with van der Waals surface area (Å²) in [7, 11) is 0. The van der Waals surface area contributed by atoms with Crippen LogP contribution in [0.15, 0.2) is 29.9 Å². The summed E-state index contributed by atoms with van der Waals surface area (Å²) >= 11 is 1.82. The molecule has 2 aromatic heterocycles. The highest BCUT2D eigenvalue weighted by Crippen LogP contribution is 2.27. The van der Waals surface area contributed by atoms with Gasteiger partial charge in [-0.15, -0.1) is 11.3 Å². The van der Waals surface area contributed by atoms with E-state index in [9.17, 15) is 4.79 Å². The Balaban J connectivity index is 1.42. The van der Waals surface area contributed by atoms with Gasteiger partial charge >= 0.3 is 0 Å². The molecule has 24 heavy (non-hydrogen) atoms. The molecule has 6 heteroatoms. The van der Waals surface area contributed by atoms with Crippen molar-refractivity contribution >= 4 is 17.2 Å². The Hall–Kier alpha value is -1.66. The van der Waals surface area contributed by atoms with Crippen LogP contribution in [0.25, 0.3) is 0 Å². The highest BCUT2D eigenvalue weighted by molar-refractivity contribution is 7.10. The minimum Gasteiger partial charge on any atom is -0.337 e. The molecule has 0 radical (unpaired) electrons. The molecule has 4 heterocycles. The lowest BCUT2D eigenvalue weighted by Crippen LogP contribution is -2.50. The van der Waals surface area contributed by atoms with Crippen molar-refractivity contribution in [1.29, 1.82) is 0 Å². The zero-order chi connectivity index (χ0) is 16.5. The van der Waals surface area contributed by atoms with E-state index >= 15 is 0 Å². The van der Waals surface area contributed by atoms with E-state index in [1.807, 2.05) is 39.4 Å². The molecule has 0 saturated carbocycles. The predicted molar refractivity (Wildman–Crippen MR) is 94.9 cm³/mol. The van der Waals surface area contributed by atoms with Crippen LogP contribution in [-0.2, 0) is 24.3 Å². The van der Waals surface area contributed by atoms with E-state index in [1.54, 1.807) is 0 Å². The largest absolute Gasteiger partial charge is 0.337 e. The predicted octanol–water partition coefficient (Wildman–Crippen LogP) is 2.38. The molecule has 0 aromatic carbocycles. The number of fused-ring (bicyclic) bond motifs is 1. The monoisotopic (exact) mass is 344 g/mol. The number of thiophene rings is 1. The molecule has 4 rings (SSSR count). The Kier molecular flexibility index (Phi) is 4.41. The second-order valence-electron chi connectivity index (χ2n) is 6.82. The summed E-state index contributed by atoms with van der Waals surface area (Å²) in [5.74, 6) is 0.277. The van der Waals surface area contributed by atoms with Crippen LogP contribution in [0, 0.1) is 0 Å². The summed E-state index contributed by atoms with van der Waals surface area (Å²) in [6.07, 6.45) is 7.14. The first-order chi connectivity index (χ1) is 11.7. The van der Waals surface area contributed by atoms with Gasteiger partial charge in [-0.25, -0.2) is 0 Å². The number of rotatable bonds is 4. The first-order valence-corrected chi connectivity index (χ1v) is 9.67. The van der Waals surface area contributed by atoms with Gasteiger partial charge in [0.15, 0.2) is 0 Å². The minimum absolute atomic E-state index is 0.0479. The standard InChI is InChI=1S/C18H24N4OS/c1-14(18(23)20-10-5-17-15(12-20)6-11-24-17)22-9-2-4-16(22)13-21-8-3-7-19-21/h3,6-8,11,14,16H,2,4-5,9-10,12-13H2,1H3/t14-,16-/m0/s1. The Labute approximate surface area is 146 Å². The van der Waals surface area contributed by atoms with Gasteiger partial charge in [0.25, 0.3) is 0 Å². The van der Waals surface area contributed by atoms with Crippen LogP contribution in [-0.4, -0.2) is 50.7 Å². The lowest BCUT2D eigenvalue weighted by atomic mass is 10.1. The zero-order valence-electron chi connectivity index (χ0n) is 14.1. The normalized spacial score (nSPS) is 22.5. The minimum atomic E-state index is -0.0479. The van der Waals surface area contributed by atoms with Gasteiger partial charge in [0.05, 0.1) is 12.6 Å². The van der Waals surface area contributed by atoms with Crippen molar-refractivity contribution in [3.05, 3.63) is 40.3 Å². The molecule has 2 aromatic rings. The van der Waals surface area contributed by atoms with Crippen LogP contribution in [0.2, 0.25) is 0 Å². The van der Waals surface area contributed by atoms with Crippen LogP contribution >= 0.6 is 11.3 Å². The number of carbonyl (C=O) groups excluding carboxylic acids is 1. The molecule has 5 nitrogen and oxygen atoms in total. The van der Waals surface area contributed by atoms with Gasteiger partial charge in [0.2, 0.25) is 5.91 Å². The van der Waals surface area contributed by atoms with Crippen LogP contribution in [0.1, 0.15) is 30.2 Å². The van der Waals surface area contributed by atoms with E-state index in [1.165, 1.54) is 10.4 Å². The van der Waals surface area contributed by atoms with Crippen molar-refractivity contribution in [3.8, 4) is 0 Å². The van der Waals surface area contributed by atoms with Gasteiger partial charge in [-0.3, -0.25) is 14.4 Å². The number of amides is 1. The highest BCUT2D eigenvalue weighted by Gasteiger charge is 2.35. The summed E-state index contributed by atoms with van der Waals surface area (Å²) < 4.78 is 1.98. The summed E-state index contributed by atoms with van der Waals surface area (Å²) in [4.78, 5) is 18.9. The van der Waals surface area contributed by atoms with E-state index in [2.05, 4.69) is 28.4 Å². The lowest BCUT2D eigenvalue weighted by Gasteiger charge is -2.35. The molecule has 1 amide bonds. The summed E-state index contributed by atoms with van der Waals surface area (Å²) in [6.45, 7) is 5.59. The van der Waals surface area contributed by atoms with Crippen LogP contribution in [0.3, 0.4) is 0 Å². The van der Waals surface area contributed by atoms with Gasteiger partial charge < -0.3 is 4.90 Å². The van der Waals surface area contributed by atoms with Crippen LogP contribution < -0.4 is 0 Å².